The summed E-state index contributed by atoms with van der Waals surface area (Å²) in [5, 5.41) is 2.57. The van der Waals surface area contributed by atoms with Gasteiger partial charge in [-0.05, 0) is 20.3 Å². The first-order chi connectivity index (χ1) is 8.43. The van der Waals surface area contributed by atoms with Crippen molar-refractivity contribution in [2.75, 3.05) is 18.1 Å². The Labute approximate surface area is 111 Å². The third kappa shape index (κ3) is 2.72. The van der Waals surface area contributed by atoms with Gasteiger partial charge in [-0.2, -0.15) is 0 Å². The van der Waals surface area contributed by atoms with E-state index >= 15 is 0 Å². The molecule has 1 aromatic rings. The highest BCUT2D eigenvalue weighted by molar-refractivity contribution is 7.91. The number of rotatable bonds is 3. The number of hydrogen-bond donors (Lipinski definition) is 0. The van der Waals surface area contributed by atoms with Crippen molar-refractivity contribution in [2.45, 2.75) is 26.3 Å². The molecular weight excluding hydrogens is 272 g/mol. The quantitative estimate of drug-likeness (QED) is 0.835. The SMILES string of the molecule is CCN(C(=O)c1csc(C)n1)C1CCS(=O)(=O)C1. The molecule has 0 saturated carbocycles. The van der Waals surface area contributed by atoms with Crippen molar-refractivity contribution < 1.29 is 13.2 Å². The maximum Gasteiger partial charge on any atom is 0.273 e. The average Bonchev–Trinajstić information content (AvgIpc) is 2.86. The van der Waals surface area contributed by atoms with E-state index in [1.165, 1.54) is 11.3 Å². The molecule has 0 bridgehead atoms. The molecule has 1 aromatic heterocycles. The molecule has 7 heteroatoms. The van der Waals surface area contributed by atoms with Gasteiger partial charge in [-0.15, -0.1) is 11.3 Å². The first kappa shape index (κ1) is 13.5. The van der Waals surface area contributed by atoms with Crippen molar-refractivity contribution in [3.63, 3.8) is 0 Å². The lowest BCUT2D eigenvalue weighted by molar-refractivity contribution is 0.0703. The minimum Gasteiger partial charge on any atom is -0.334 e. The summed E-state index contributed by atoms with van der Waals surface area (Å²) in [7, 11) is -2.97. The molecule has 1 unspecified atom stereocenters. The maximum atomic E-state index is 12.3. The van der Waals surface area contributed by atoms with Crippen LogP contribution in [-0.4, -0.2) is 48.3 Å². The molecule has 0 aliphatic carbocycles. The number of carbonyl (C=O) groups is 1. The van der Waals surface area contributed by atoms with Crippen molar-refractivity contribution in [1.29, 1.82) is 0 Å². The van der Waals surface area contributed by atoms with Crippen LogP contribution < -0.4 is 0 Å². The van der Waals surface area contributed by atoms with Gasteiger partial charge in [0, 0.05) is 18.0 Å². The van der Waals surface area contributed by atoms with Gasteiger partial charge in [0.1, 0.15) is 5.69 Å². The fourth-order valence-corrected chi connectivity index (χ4v) is 4.52. The molecule has 1 aliphatic heterocycles. The minimum atomic E-state index is -2.97. The van der Waals surface area contributed by atoms with Crippen LogP contribution in [0.5, 0.6) is 0 Å². The van der Waals surface area contributed by atoms with E-state index in [0.717, 1.165) is 5.01 Å². The van der Waals surface area contributed by atoms with Crippen molar-refractivity contribution >= 4 is 27.1 Å². The van der Waals surface area contributed by atoms with E-state index in [1.54, 1.807) is 10.3 Å². The third-order valence-corrected chi connectivity index (χ3v) is 5.61. The second-order valence-electron chi connectivity index (χ2n) is 4.40. The fraction of sp³-hybridized carbons (Fsp3) is 0.636. The zero-order chi connectivity index (χ0) is 13.3. The van der Waals surface area contributed by atoms with Crippen LogP contribution in [0.3, 0.4) is 0 Å². The van der Waals surface area contributed by atoms with Gasteiger partial charge in [-0.25, -0.2) is 13.4 Å². The smallest absolute Gasteiger partial charge is 0.273 e. The average molecular weight is 288 g/mol. The lowest BCUT2D eigenvalue weighted by atomic mass is 10.2. The molecule has 0 aromatic carbocycles. The normalized spacial score (nSPS) is 22.0. The molecular formula is C11H16N2O3S2. The second kappa shape index (κ2) is 4.97. The summed E-state index contributed by atoms with van der Waals surface area (Å²) >= 11 is 1.43. The number of sulfone groups is 1. The lowest BCUT2D eigenvalue weighted by Gasteiger charge is -2.25. The minimum absolute atomic E-state index is 0.0791. The van der Waals surface area contributed by atoms with Crippen LogP contribution in [0.15, 0.2) is 5.38 Å². The highest BCUT2D eigenvalue weighted by atomic mass is 32.2. The van der Waals surface area contributed by atoms with E-state index in [2.05, 4.69) is 4.98 Å². The number of amides is 1. The molecule has 0 spiro atoms. The first-order valence-electron chi connectivity index (χ1n) is 5.86. The number of thiazole rings is 1. The van der Waals surface area contributed by atoms with Gasteiger partial charge in [0.25, 0.3) is 5.91 Å². The van der Waals surface area contributed by atoms with Crippen molar-refractivity contribution in [1.82, 2.24) is 9.88 Å². The molecule has 1 fully saturated rings. The van der Waals surface area contributed by atoms with Gasteiger partial charge in [-0.3, -0.25) is 4.79 Å². The molecule has 1 saturated heterocycles. The molecule has 2 heterocycles. The van der Waals surface area contributed by atoms with Crippen molar-refractivity contribution in [3.05, 3.63) is 16.1 Å². The predicted molar refractivity (Wildman–Crippen MR) is 70.6 cm³/mol. The van der Waals surface area contributed by atoms with Gasteiger partial charge in [0.2, 0.25) is 0 Å². The number of hydrogen-bond acceptors (Lipinski definition) is 5. The molecule has 5 nitrogen and oxygen atoms in total. The summed E-state index contributed by atoms with van der Waals surface area (Å²) < 4.78 is 22.9. The van der Waals surface area contributed by atoms with Gasteiger partial charge in [-0.1, -0.05) is 0 Å². The largest absolute Gasteiger partial charge is 0.334 e. The number of carbonyl (C=O) groups excluding carboxylic acids is 1. The van der Waals surface area contributed by atoms with Crippen LogP contribution in [0.1, 0.15) is 28.8 Å². The summed E-state index contributed by atoms with van der Waals surface area (Å²) in [6.45, 7) is 4.22. The zero-order valence-corrected chi connectivity index (χ0v) is 12.1. The van der Waals surface area contributed by atoms with Crippen LogP contribution in [0.4, 0.5) is 0 Å². The molecule has 1 amide bonds. The van der Waals surface area contributed by atoms with E-state index in [1.807, 2.05) is 13.8 Å². The van der Waals surface area contributed by atoms with Gasteiger partial charge in [0.15, 0.2) is 9.84 Å². The van der Waals surface area contributed by atoms with Gasteiger partial charge < -0.3 is 4.90 Å². The van der Waals surface area contributed by atoms with E-state index in [9.17, 15) is 13.2 Å². The fourth-order valence-electron chi connectivity index (χ4n) is 2.20. The Hall–Kier alpha value is -0.950. The topological polar surface area (TPSA) is 67.3 Å². The summed E-state index contributed by atoms with van der Waals surface area (Å²) in [6, 6.07) is -0.200. The summed E-state index contributed by atoms with van der Waals surface area (Å²) in [4.78, 5) is 18.1. The summed E-state index contributed by atoms with van der Waals surface area (Å²) in [6.07, 6.45) is 0.533. The molecule has 0 N–H and O–H groups in total. The summed E-state index contributed by atoms with van der Waals surface area (Å²) in [5.74, 6) is 0.0942. The van der Waals surface area contributed by atoms with Gasteiger partial charge >= 0.3 is 0 Å². The van der Waals surface area contributed by atoms with E-state index in [4.69, 9.17) is 0 Å². The Balaban J connectivity index is 2.17. The molecule has 1 atom stereocenters. The Morgan fingerprint density at radius 2 is 2.33 bits per heavy atom. The Bertz CT molecular complexity index is 550. The zero-order valence-electron chi connectivity index (χ0n) is 10.4. The van der Waals surface area contributed by atoms with Crippen LogP contribution in [0, 0.1) is 6.92 Å². The first-order valence-corrected chi connectivity index (χ1v) is 8.56. The Morgan fingerprint density at radius 1 is 1.61 bits per heavy atom. The van der Waals surface area contributed by atoms with Crippen molar-refractivity contribution in [3.8, 4) is 0 Å². The van der Waals surface area contributed by atoms with Crippen molar-refractivity contribution in [2.24, 2.45) is 0 Å². The maximum absolute atomic E-state index is 12.3. The van der Waals surface area contributed by atoms with E-state index < -0.39 is 9.84 Å². The monoisotopic (exact) mass is 288 g/mol. The number of nitrogens with zero attached hydrogens (tertiary/aromatic N) is 2. The molecule has 2 rings (SSSR count). The second-order valence-corrected chi connectivity index (χ2v) is 7.69. The Morgan fingerprint density at radius 3 is 2.78 bits per heavy atom. The highest BCUT2D eigenvalue weighted by Crippen LogP contribution is 2.20. The number of aromatic nitrogens is 1. The van der Waals surface area contributed by atoms with Crippen LogP contribution in [0.2, 0.25) is 0 Å². The van der Waals surface area contributed by atoms with Crippen LogP contribution in [0.25, 0.3) is 0 Å². The lowest BCUT2D eigenvalue weighted by Crippen LogP contribution is -2.41. The highest BCUT2D eigenvalue weighted by Gasteiger charge is 2.34. The van der Waals surface area contributed by atoms with E-state index in [-0.39, 0.29) is 23.5 Å². The molecule has 18 heavy (non-hydrogen) atoms. The third-order valence-electron chi connectivity index (χ3n) is 3.09. The van der Waals surface area contributed by atoms with E-state index in [0.29, 0.717) is 18.7 Å². The number of aryl methyl sites for hydroxylation is 1. The molecule has 100 valence electrons. The predicted octanol–water partition coefficient (Wildman–Crippen LogP) is 1.10. The molecule has 0 radical (unpaired) electrons. The van der Waals surface area contributed by atoms with Gasteiger partial charge in [0.05, 0.1) is 16.5 Å². The Kier molecular flexibility index (Phi) is 3.72. The van der Waals surface area contributed by atoms with Crippen LogP contribution >= 0.6 is 11.3 Å². The van der Waals surface area contributed by atoms with Crippen LogP contribution in [-0.2, 0) is 9.84 Å². The standard InChI is InChI=1S/C11H16N2O3S2/c1-3-13(9-4-5-18(15,16)7-9)11(14)10-6-17-8(2)12-10/h6,9H,3-5,7H2,1-2H3. The summed E-state index contributed by atoms with van der Waals surface area (Å²) in [5.41, 5.74) is 0.420. The molecule has 1 aliphatic rings.